The molecule has 0 unspecified atom stereocenters. The van der Waals surface area contributed by atoms with E-state index in [0.717, 1.165) is 29.8 Å². The van der Waals surface area contributed by atoms with Crippen LogP contribution in [-0.4, -0.2) is 6.61 Å². The first-order valence-electron chi connectivity index (χ1n) is 7.59. The fourth-order valence-corrected chi connectivity index (χ4v) is 2.25. The summed E-state index contributed by atoms with van der Waals surface area (Å²) in [6.45, 7) is 7.39. The maximum atomic E-state index is 5.93. The zero-order valence-electron chi connectivity index (χ0n) is 13.2. The molecule has 0 aliphatic heterocycles. The van der Waals surface area contributed by atoms with E-state index in [1.165, 1.54) is 5.56 Å². The highest BCUT2D eigenvalue weighted by molar-refractivity contribution is 5.46. The summed E-state index contributed by atoms with van der Waals surface area (Å²) in [4.78, 5) is 0. The predicted molar refractivity (Wildman–Crippen MR) is 89.8 cm³/mol. The average molecular weight is 283 g/mol. The smallest absolute Gasteiger partial charge is 0.119 e. The van der Waals surface area contributed by atoms with Gasteiger partial charge in [0.2, 0.25) is 0 Å². The Morgan fingerprint density at radius 2 is 1.67 bits per heavy atom. The Labute approximate surface area is 127 Å². The Morgan fingerprint density at radius 1 is 1.00 bits per heavy atom. The molecule has 0 amide bonds. The summed E-state index contributed by atoms with van der Waals surface area (Å²) in [5.74, 6) is 0.917. The highest BCUT2D eigenvalue weighted by atomic mass is 16.5. The summed E-state index contributed by atoms with van der Waals surface area (Å²) in [7, 11) is 0. The molecule has 0 atom stereocenters. The molecule has 0 saturated heterocycles. The fraction of sp³-hybridized carbons (Fsp3) is 0.368. The van der Waals surface area contributed by atoms with E-state index in [-0.39, 0.29) is 5.41 Å². The molecule has 0 fully saturated rings. The van der Waals surface area contributed by atoms with Gasteiger partial charge in [-0.25, -0.2) is 0 Å². The van der Waals surface area contributed by atoms with Gasteiger partial charge in [0.1, 0.15) is 5.75 Å². The molecule has 0 radical (unpaired) electrons. The molecule has 0 saturated carbocycles. The van der Waals surface area contributed by atoms with Gasteiger partial charge in [-0.05, 0) is 41.2 Å². The van der Waals surface area contributed by atoms with Gasteiger partial charge in [0, 0.05) is 12.1 Å². The van der Waals surface area contributed by atoms with Crippen LogP contribution in [0.2, 0.25) is 0 Å². The Bertz CT molecular complexity index is 572. The first kappa shape index (κ1) is 15.4. The number of anilines is 1. The topological polar surface area (TPSA) is 35.2 Å². The Morgan fingerprint density at radius 3 is 2.29 bits per heavy atom. The van der Waals surface area contributed by atoms with Crippen LogP contribution in [0.1, 0.15) is 38.3 Å². The highest BCUT2D eigenvalue weighted by Crippen LogP contribution is 2.28. The zero-order chi connectivity index (χ0) is 15.3. The van der Waals surface area contributed by atoms with E-state index >= 15 is 0 Å². The van der Waals surface area contributed by atoms with E-state index in [0.29, 0.717) is 6.61 Å². The number of ether oxygens (including phenoxy) is 1. The third-order valence-corrected chi connectivity index (χ3v) is 4.21. The van der Waals surface area contributed by atoms with Gasteiger partial charge < -0.3 is 10.5 Å². The second-order valence-electron chi connectivity index (χ2n) is 6.06. The van der Waals surface area contributed by atoms with Crippen LogP contribution in [0.4, 0.5) is 5.69 Å². The summed E-state index contributed by atoms with van der Waals surface area (Å²) in [6, 6.07) is 16.4. The first-order chi connectivity index (χ1) is 10.0. The maximum absolute atomic E-state index is 5.93. The molecule has 112 valence electrons. The molecule has 0 spiro atoms. The van der Waals surface area contributed by atoms with Gasteiger partial charge in [0.25, 0.3) is 0 Å². The van der Waals surface area contributed by atoms with Crippen molar-refractivity contribution >= 4 is 5.69 Å². The molecule has 0 bridgehead atoms. The lowest BCUT2D eigenvalue weighted by molar-refractivity contribution is 0.322. The number of hydrogen-bond acceptors (Lipinski definition) is 2. The summed E-state index contributed by atoms with van der Waals surface area (Å²) in [5, 5.41) is 0. The minimum absolute atomic E-state index is 0.219. The third kappa shape index (κ3) is 4.01. The van der Waals surface area contributed by atoms with E-state index in [9.17, 15) is 0 Å². The van der Waals surface area contributed by atoms with Crippen LogP contribution in [0.5, 0.6) is 5.75 Å². The monoisotopic (exact) mass is 283 g/mol. The Kier molecular flexibility index (Phi) is 4.89. The number of rotatable bonds is 6. The van der Waals surface area contributed by atoms with Gasteiger partial charge in [0.05, 0.1) is 6.61 Å². The van der Waals surface area contributed by atoms with Gasteiger partial charge >= 0.3 is 0 Å². The molecule has 2 aromatic carbocycles. The van der Waals surface area contributed by atoms with Crippen LogP contribution in [0.3, 0.4) is 0 Å². The summed E-state index contributed by atoms with van der Waals surface area (Å²) in [5.41, 5.74) is 9.47. The van der Waals surface area contributed by atoms with Crippen molar-refractivity contribution in [3.8, 4) is 5.75 Å². The van der Waals surface area contributed by atoms with Crippen LogP contribution in [0.15, 0.2) is 48.5 Å². The normalized spacial score (nSPS) is 11.4. The van der Waals surface area contributed by atoms with Crippen LogP contribution in [-0.2, 0) is 11.8 Å². The van der Waals surface area contributed by atoms with E-state index < -0.39 is 0 Å². The SMILES string of the molecule is CCC(C)(C)c1ccc(OCCc2ccccc2N)cc1. The quantitative estimate of drug-likeness (QED) is 0.788. The van der Waals surface area contributed by atoms with Crippen molar-refractivity contribution in [3.05, 3.63) is 59.7 Å². The summed E-state index contributed by atoms with van der Waals surface area (Å²) < 4.78 is 5.81. The van der Waals surface area contributed by atoms with E-state index in [2.05, 4.69) is 45.0 Å². The van der Waals surface area contributed by atoms with Gasteiger partial charge in [-0.1, -0.05) is 51.1 Å². The number of benzene rings is 2. The van der Waals surface area contributed by atoms with Crippen molar-refractivity contribution in [1.29, 1.82) is 0 Å². The molecule has 0 heterocycles. The molecule has 0 aromatic heterocycles. The van der Waals surface area contributed by atoms with Crippen molar-refractivity contribution in [2.75, 3.05) is 12.3 Å². The lowest BCUT2D eigenvalue weighted by atomic mass is 9.82. The molecule has 2 nitrogen and oxygen atoms in total. The fourth-order valence-electron chi connectivity index (χ4n) is 2.25. The van der Waals surface area contributed by atoms with Crippen molar-refractivity contribution in [2.24, 2.45) is 0 Å². The molecular weight excluding hydrogens is 258 g/mol. The minimum atomic E-state index is 0.219. The maximum Gasteiger partial charge on any atom is 0.119 e. The molecular formula is C19H25NO. The van der Waals surface area contributed by atoms with Gasteiger partial charge in [-0.2, -0.15) is 0 Å². The number of nitrogens with two attached hydrogens (primary N) is 1. The van der Waals surface area contributed by atoms with Gasteiger partial charge in [0.15, 0.2) is 0 Å². The van der Waals surface area contributed by atoms with E-state index in [1.54, 1.807) is 0 Å². The van der Waals surface area contributed by atoms with Crippen LogP contribution >= 0.6 is 0 Å². The Hall–Kier alpha value is -1.96. The Balaban J connectivity index is 1.91. The molecule has 2 heteroatoms. The first-order valence-corrected chi connectivity index (χ1v) is 7.59. The van der Waals surface area contributed by atoms with Crippen molar-refractivity contribution < 1.29 is 4.74 Å². The summed E-state index contributed by atoms with van der Waals surface area (Å²) >= 11 is 0. The number of hydrogen-bond donors (Lipinski definition) is 1. The van der Waals surface area contributed by atoms with Crippen LogP contribution in [0.25, 0.3) is 0 Å². The summed E-state index contributed by atoms with van der Waals surface area (Å²) in [6.07, 6.45) is 1.95. The molecule has 2 N–H and O–H groups in total. The lowest BCUT2D eigenvalue weighted by Crippen LogP contribution is -2.15. The second-order valence-corrected chi connectivity index (χ2v) is 6.06. The van der Waals surface area contributed by atoms with Crippen molar-refractivity contribution in [3.63, 3.8) is 0 Å². The molecule has 0 aliphatic carbocycles. The van der Waals surface area contributed by atoms with E-state index in [1.807, 2.05) is 24.3 Å². The molecule has 21 heavy (non-hydrogen) atoms. The second kappa shape index (κ2) is 6.66. The largest absolute Gasteiger partial charge is 0.493 e. The standard InChI is InChI=1S/C19H25NO/c1-4-19(2,3)16-9-11-17(12-10-16)21-14-13-15-7-5-6-8-18(15)20/h5-12H,4,13-14,20H2,1-3H3. The average Bonchev–Trinajstić information content (AvgIpc) is 2.50. The third-order valence-electron chi connectivity index (χ3n) is 4.21. The highest BCUT2D eigenvalue weighted by Gasteiger charge is 2.17. The van der Waals surface area contributed by atoms with Gasteiger partial charge in [-0.15, -0.1) is 0 Å². The molecule has 0 aliphatic rings. The molecule has 2 rings (SSSR count). The zero-order valence-corrected chi connectivity index (χ0v) is 13.2. The number of nitrogen functional groups attached to an aromatic ring is 1. The predicted octanol–water partition coefficient (Wildman–Crippen LogP) is 4.58. The number of para-hydroxylation sites is 1. The lowest BCUT2D eigenvalue weighted by Gasteiger charge is -2.23. The van der Waals surface area contributed by atoms with Crippen LogP contribution in [0, 0.1) is 0 Å². The van der Waals surface area contributed by atoms with Crippen molar-refractivity contribution in [2.45, 2.75) is 39.0 Å². The van der Waals surface area contributed by atoms with Crippen LogP contribution < -0.4 is 10.5 Å². The van der Waals surface area contributed by atoms with E-state index in [4.69, 9.17) is 10.5 Å². The van der Waals surface area contributed by atoms with Gasteiger partial charge in [-0.3, -0.25) is 0 Å². The minimum Gasteiger partial charge on any atom is -0.493 e. The molecule has 2 aromatic rings. The van der Waals surface area contributed by atoms with Crippen molar-refractivity contribution in [1.82, 2.24) is 0 Å².